The molecular weight excluding hydrogens is 332 g/mol. The Hall–Kier alpha value is -1.12. The Morgan fingerprint density at radius 3 is 2.46 bits per heavy atom. The van der Waals surface area contributed by atoms with Crippen LogP contribution in [0.2, 0.25) is 0 Å². The molecule has 0 radical (unpaired) electrons. The van der Waals surface area contributed by atoms with Crippen molar-refractivity contribution in [2.45, 2.75) is 56.4 Å². The summed E-state index contributed by atoms with van der Waals surface area (Å²) in [6.07, 6.45) is 2.68. The second kappa shape index (κ2) is 8.82. The molecule has 0 aromatic rings. The highest BCUT2D eigenvalue weighted by molar-refractivity contribution is 8.00. The first-order valence-electron chi connectivity index (χ1n) is 8.14. The second-order valence-electron chi connectivity index (χ2n) is 6.72. The summed E-state index contributed by atoms with van der Waals surface area (Å²) in [6, 6.07) is -1.34. The molecule has 0 bridgehead atoms. The maximum atomic E-state index is 12.5. The number of Topliss-reactive ketones (excluding diaryl/α,β-unsaturated/α-hetero) is 1. The van der Waals surface area contributed by atoms with Crippen molar-refractivity contribution in [1.29, 1.82) is 0 Å². The average molecular weight is 360 g/mol. The molecule has 7 nitrogen and oxygen atoms in total. The Morgan fingerprint density at radius 2 is 1.96 bits per heavy atom. The van der Waals surface area contributed by atoms with Crippen molar-refractivity contribution in [3.05, 3.63) is 0 Å². The maximum Gasteiger partial charge on any atom is 0.334 e. The quantitative estimate of drug-likeness (QED) is 0.406. The number of carboxylic acid groups (broad SMARTS) is 1. The summed E-state index contributed by atoms with van der Waals surface area (Å²) in [5, 5.41) is 9.12. The van der Waals surface area contributed by atoms with E-state index in [1.165, 1.54) is 11.8 Å². The number of hydrogen-bond acceptors (Lipinski definition) is 7. The topological polar surface area (TPSA) is 133 Å². The Morgan fingerprint density at radius 1 is 1.33 bits per heavy atom. The molecular formula is C16H28N2O5S. The molecule has 1 fully saturated rings. The van der Waals surface area contributed by atoms with E-state index in [1.807, 2.05) is 0 Å². The van der Waals surface area contributed by atoms with Crippen molar-refractivity contribution in [1.82, 2.24) is 0 Å². The Kier molecular flexibility index (Phi) is 7.69. The number of nitrogens with two attached hydrogens (primary N) is 2. The largest absolute Gasteiger partial charge is 0.481 e. The highest BCUT2D eigenvalue weighted by Crippen LogP contribution is 2.40. The van der Waals surface area contributed by atoms with Crippen LogP contribution in [-0.4, -0.2) is 52.5 Å². The normalized spacial score (nSPS) is 24.4. The van der Waals surface area contributed by atoms with Gasteiger partial charge in [0, 0.05) is 11.0 Å². The number of hydrogen-bond donors (Lipinski definition) is 3. The van der Waals surface area contributed by atoms with Crippen LogP contribution < -0.4 is 11.5 Å². The molecule has 1 aliphatic carbocycles. The highest BCUT2D eigenvalue weighted by Gasteiger charge is 2.47. The summed E-state index contributed by atoms with van der Waals surface area (Å²) in [7, 11) is 1.15. The number of ketones is 1. The summed E-state index contributed by atoms with van der Waals surface area (Å²) >= 11 is 1.49. The van der Waals surface area contributed by atoms with E-state index in [4.69, 9.17) is 16.6 Å². The molecule has 1 rings (SSSR count). The Labute approximate surface area is 146 Å². The minimum absolute atomic E-state index is 0.0414. The van der Waals surface area contributed by atoms with Crippen LogP contribution in [-0.2, 0) is 19.1 Å². The van der Waals surface area contributed by atoms with Crippen LogP contribution in [0.25, 0.3) is 0 Å². The molecule has 0 aromatic carbocycles. The van der Waals surface area contributed by atoms with Crippen LogP contribution in [0.15, 0.2) is 0 Å². The van der Waals surface area contributed by atoms with Crippen LogP contribution in [0.4, 0.5) is 0 Å². The lowest BCUT2D eigenvalue weighted by atomic mass is 9.91. The number of esters is 1. The van der Waals surface area contributed by atoms with E-state index in [0.717, 1.165) is 26.4 Å². The van der Waals surface area contributed by atoms with Gasteiger partial charge in [0.15, 0.2) is 11.3 Å². The zero-order valence-corrected chi connectivity index (χ0v) is 15.3. The lowest BCUT2D eigenvalue weighted by molar-refractivity contribution is -0.151. The minimum atomic E-state index is -1.92. The molecule has 1 saturated carbocycles. The number of aliphatic carboxylic acids is 1. The van der Waals surface area contributed by atoms with Crippen LogP contribution in [0.1, 0.15) is 39.5 Å². The SMILES string of the molecule is COC(=O)[C@@](N)(CSC1CCCC1C(C)C)C(=O)[C@@H](N)CC(=O)O. The zero-order chi connectivity index (χ0) is 18.5. The van der Waals surface area contributed by atoms with E-state index >= 15 is 0 Å². The second-order valence-corrected chi connectivity index (χ2v) is 7.95. The average Bonchev–Trinajstić information content (AvgIpc) is 2.99. The molecule has 0 aromatic heterocycles. The van der Waals surface area contributed by atoms with E-state index in [0.29, 0.717) is 17.1 Å². The summed E-state index contributed by atoms with van der Waals surface area (Å²) in [6.45, 7) is 4.32. The molecule has 0 amide bonds. The first-order chi connectivity index (χ1) is 11.1. The molecule has 0 heterocycles. The van der Waals surface area contributed by atoms with Crippen LogP contribution >= 0.6 is 11.8 Å². The van der Waals surface area contributed by atoms with Gasteiger partial charge < -0.3 is 21.3 Å². The van der Waals surface area contributed by atoms with Crippen molar-refractivity contribution < 1.29 is 24.2 Å². The van der Waals surface area contributed by atoms with Gasteiger partial charge >= 0.3 is 11.9 Å². The zero-order valence-electron chi connectivity index (χ0n) is 14.5. The Balaban J connectivity index is 2.86. The third-order valence-electron chi connectivity index (χ3n) is 4.61. The number of rotatable bonds is 9. The molecule has 0 aliphatic heterocycles. The van der Waals surface area contributed by atoms with Gasteiger partial charge in [-0.15, -0.1) is 0 Å². The number of carbonyl (C=O) groups is 3. The van der Waals surface area contributed by atoms with E-state index in [1.54, 1.807) is 0 Å². The van der Waals surface area contributed by atoms with Crippen molar-refractivity contribution in [3.8, 4) is 0 Å². The van der Waals surface area contributed by atoms with Gasteiger partial charge in [-0.3, -0.25) is 9.59 Å². The van der Waals surface area contributed by atoms with E-state index in [-0.39, 0.29) is 5.75 Å². The molecule has 138 valence electrons. The van der Waals surface area contributed by atoms with Crippen LogP contribution in [0.3, 0.4) is 0 Å². The van der Waals surface area contributed by atoms with Gasteiger partial charge in [0.1, 0.15) is 0 Å². The fourth-order valence-corrected chi connectivity index (χ4v) is 4.96. The number of thioether (sulfide) groups is 1. The molecule has 8 heteroatoms. The van der Waals surface area contributed by atoms with Crippen LogP contribution in [0, 0.1) is 11.8 Å². The monoisotopic (exact) mass is 360 g/mol. The molecule has 2 unspecified atom stereocenters. The first-order valence-corrected chi connectivity index (χ1v) is 9.19. The summed E-state index contributed by atoms with van der Waals surface area (Å²) < 4.78 is 4.68. The molecule has 0 saturated heterocycles. The maximum absolute atomic E-state index is 12.5. The molecule has 24 heavy (non-hydrogen) atoms. The minimum Gasteiger partial charge on any atom is -0.481 e. The van der Waals surface area contributed by atoms with Gasteiger partial charge in [-0.1, -0.05) is 20.3 Å². The number of methoxy groups -OCH3 is 1. The van der Waals surface area contributed by atoms with Gasteiger partial charge in [-0.05, 0) is 24.7 Å². The smallest absolute Gasteiger partial charge is 0.334 e. The summed E-state index contributed by atoms with van der Waals surface area (Å²) in [5.41, 5.74) is 9.76. The third-order valence-corrected chi connectivity index (χ3v) is 6.24. The summed E-state index contributed by atoms with van der Waals surface area (Å²) in [4.78, 5) is 35.4. The molecule has 5 N–H and O–H groups in total. The van der Waals surface area contributed by atoms with E-state index in [9.17, 15) is 14.4 Å². The Bertz CT molecular complexity index is 485. The molecule has 4 atom stereocenters. The number of carbonyl (C=O) groups excluding carboxylic acids is 2. The lowest BCUT2D eigenvalue weighted by Crippen LogP contribution is -2.63. The fraction of sp³-hybridized carbons (Fsp3) is 0.812. The number of ether oxygens (including phenoxy) is 1. The summed E-state index contributed by atoms with van der Waals surface area (Å²) in [5.74, 6) is -1.81. The van der Waals surface area contributed by atoms with Crippen molar-refractivity contribution in [2.24, 2.45) is 23.3 Å². The molecule has 0 spiro atoms. The van der Waals surface area contributed by atoms with Gasteiger partial charge in [-0.2, -0.15) is 11.8 Å². The first kappa shape index (κ1) is 20.9. The highest BCUT2D eigenvalue weighted by atomic mass is 32.2. The van der Waals surface area contributed by atoms with E-state index < -0.39 is 35.7 Å². The standard InChI is InChI=1S/C16H28N2O5S/c1-9(2)10-5-4-6-12(10)24-8-16(18,15(22)23-3)14(21)11(17)7-13(19)20/h9-12H,4-8,17-18H2,1-3H3,(H,19,20)/t10?,11-,12?,16+/m0/s1. The predicted molar refractivity (Wildman–Crippen MR) is 92.6 cm³/mol. The van der Waals surface area contributed by atoms with Gasteiger partial charge in [0.05, 0.1) is 19.6 Å². The van der Waals surface area contributed by atoms with Crippen molar-refractivity contribution >= 4 is 29.5 Å². The van der Waals surface area contributed by atoms with E-state index in [2.05, 4.69) is 18.6 Å². The van der Waals surface area contributed by atoms with Crippen molar-refractivity contribution in [2.75, 3.05) is 12.9 Å². The predicted octanol–water partition coefficient (Wildman–Crippen LogP) is 0.786. The van der Waals surface area contributed by atoms with Crippen molar-refractivity contribution in [3.63, 3.8) is 0 Å². The lowest BCUT2D eigenvalue weighted by Gasteiger charge is -2.30. The van der Waals surface area contributed by atoms with Gasteiger partial charge in [0.25, 0.3) is 0 Å². The van der Waals surface area contributed by atoms with Gasteiger partial charge in [-0.25, -0.2) is 4.79 Å². The third kappa shape index (κ3) is 4.94. The van der Waals surface area contributed by atoms with Crippen LogP contribution in [0.5, 0.6) is 0 Å². The molecule has 1 aliphatic rings. The van der Waals surface area contributed by atoms with Gasteiger partial charge in [0.2, 0.25) is 0 Å². The fourth-order valence-electron chi connectivity index (χ4n) is 3.19. The number of carboxylic acids is 1.